The van der Waals surface area contributed by atoms with Gasteiger partial charge in [-0.15, -0.1) is 0 Å². The molecule has 5 heteroatoms. The van der Waals surface area contributed by atoms with Crippen LogP contribution in [0.1, 0.15) is 12.8 Å². The summed E-state index contributed by atoms with van der Waals surface area (Å²) in [4.78, 5) is 11.2. The van der Waals surface area contributed by atoms with Crippen molar-refractivity contribution in [2.45, 2.75) is 18.4 Å². The Labute approximate surface area is 90.8 Å². The van der Waals surface area contributed by atoms with E-state index in [1.807, 2.05) is 6.20 Å². The number of piperidine rings is 1. The van der Waals surface area contributed by atoms with Crippen molar-refractivity contribution >= 4 is 22.2 Å². The number of carbonyl (C=O) groups is 1. The maximum atomic E-state index is 11.2. The van der Waals surface area contributed by atoms with E-state index >= 15 is 0 Å². The van der Waals surface area contributed by atoms with Gasteiger partial charge in [-0.3, -0.25) is 4.68 Å². The maximum absolute atomic E-state index is 11.2. The first-order valence-electron chi connectivity index (χ1n) is 4.64. The largest absolute Gasteiger partial charge is 0.317 e. The minimum Gasteiger partial charge on any atom is -0.317 e. The van der Waals surface area contributed by atoms with Crippen LogP contribution in [-0.4, -0.2) is 29.2 Å². The molecule has 0 spiro atoms. The highest BCUT2D eigenvalue weighted by Gasteiger charge is 2.34. The predicted octanol–water partition coefficient (Wildman–Crippen LogP) is 0.923. The van der Waals surface area contributed by atoms with Crippen LogP contribution < -0.4 is 5.32 Å². The zero-order chi connectivity index (χ0) is 10.0. The van der Waals surface area contributed by atoms with Crippen LogP contribution in [0.15, 0.2) is 16.9 Å². The summed E-state index contributed by atoms with van der Waals surface area (Å²) in [5.74, 6) is 0. The number of aldehydes is 1. The molecule has 1 aromatic rings. The van der Waals surface area contributed by atoms with Crippen molar-refractivity contribution in [3.05, 3.63) is 16.9 Å². The van der Waals surface area contributed by atoms with Crippen LogP contribution in [0.4, 0.5) is 0 Å². The second-order valence-corrected chi connectivity index (χ2v) is 4.49. The zero-order valence-electron chi connectivity index (χ0n) is 7.74. The molecule has 0 unspecified atom stereocenters. The van der Waals surface area contributed by atoms with Gasteiger partial charge in [0.25, 0.3) is 0 Å². The van der Waals surface area contributed by atoms with Gasteiger partial charge in [-0.25, -0.2) is 0 Å². The fraction of sp³-hybridized carbons (Fsp3) is 0.556. The molecule has 2 rings (SSSR count). The van der Waals surface area contributed by atoms with E-state index in [4.69, 9.17) is 0 Å². The minimum absolute atomic E-state index is 0.433. The number of nitrogens with one attached hydrogen (secondary N) is 1. The highest BCUT2D eigenvalue weighted by molar-refractivity contribution is 9.10. The summed E-state index contributed by atoms with van der Waals surface area (Å²) in [5, 5.41) is 7.43. The monoisotopic (exact) mass is 257 g/mol. The van der Waals surface area contributed by atoms with Crippen molar-refractivity contribution in [2.75, 3.05) is 13.1 Å². The normalized spacial score (nSPS) is 20.6. The molecule has 0 radical (unpaired) electrons. The first kappa shape index (κ1) is 9.86. The Bertz CT molecular complexity index is 331. The van der Waals surface area contributed by atoms with E-state index in [0.29, 0.717) is 0 Å². The highest BCUT2D eigenvalue weighted by Crippen LogP contribution is 2.25. The van der Waals surface area contributed by atoms with Gasteiger partial charge in [-0.2, -0.15) is 5.10 Å². The molecule has 1 aromatic heterocycles. The van der Waals surface area contributed by atoms with Crippen LogP contribution in [0.25, 0.3) is 0 Å². The number of nitrogens with zero attached hydrogens (tertiary/aromatic N) is 2. The first-order chi connectivity index (χ1) is 6.77. The fourth-order valence-electron chi connectivity index (χ4n) is 1.81. The third kappa shape index (κ3) is 1.62. The van der Waals surface area contributed by atoms with E-state index in [2.05, 4.69) is 26.3 Å². The van der Waals surface area contributed by atoms with Crippen LogP contribution >= 0.6 is 15.9 Å². The summed E-state index contributed by atoms with van der Waals surface area (Å²) in [6, 6.07) is 0. The number of halogens is 1. The summed E-state index contributed by atoms with van der Waals surface area (Å²) >= 11 is 3.34. The molecule has 0 aliphatic carbocycles. The molecule has 2 heterocycles. The molecule has 0 saturated carbocycles. The second-order valence-electron chi connectivity index (χ2n) is 3.57. The molecule has 1 aliphatic rings. The SMILES string of the molecule is O=CC1(n2cc(Br)cn2)CCNCC1. The van der Waals surface area contributed by atoms with Crippen LogP contribution in [-0.2, 0) is 10.3 Å². The van der Waals surface area contributed by atoms with Gasteiger partial charge in [0.1, 0.15) is 11.8 Å². The quantitative estimate of drug-likeness (QED) is 0.802. The molecule has 76 valence electrons. The molecule has 14 heavy (non-hydrogen) atoms. The lowest BCUT2D eigenvalue weighted by molar-refractivity contribution is -0.117. The summed E-state index contributed by atoms with van der Waals surface area (Å²) in [5.41, 5.74) is -0.433. The summed E-state index contributed by atoms with van der Waals surface area (Å²) in [6.45, 7) is 1.74. The van der Waals surface area contributed by atoms with E-state index in [1.54, 1.807) is 10.9 Å². The standard InChI is InChI=1S/C9H12BrN3O/c10-8-5-12-13(6-8)9(7-14)1-3-11-4-2-9/h5-7,11H,1-4H2. The number of carbonyl (C=O) groups excluding carboxylic acids is 1. The first-order valence-corrected chi connectivity index (χ1v) is 5.44. The third-order valence-corrected chi connectivity index (χ3v) is 3.11. The van der Waals surface area contributed by atoms with Crippen LogP contribution in [0, 0.1) is 0 Å². The number of rotatable bonds is 2. The molecule has 1 saturated heterocycles. The second kappa shape index (κ2) is 3.82. The molecule has 1 N–H and O–H groups in total. The van der Waals surface area contributed by atoms with Crippen LogP contribution in [0.5, 0.6) is 0 Å². The Balaban J connectivity index is 2.31. The van der Waals surface area contributed by atoms with Crippen LogP contribution in [0.2, 0.25) is 0 Å². The van der Waals surface area contributed by atoms with Gasteiger partial charge in [-0.05, 0) is 41.9 Å². The summed E-state index contributed by atoms with van der Waals surface area (Å²) in [7, 11) is 0. The van der Waals surface area contributed by atoms with E-state index < -0.39 is 5.54 Å². The summed E-state index contributed by atoms with van der Waals surface area (Å²) in [6.07, 6.45) is 6.22. The maximum Gasteiger partial charge on any atom is 0.147 e. The topological polar surface area (TPSA) is 46.9 Å². The third-order valence-electron chi connectivity index (χ3n) is 2.70. The highest BCUT2D eigenvalue weighted by atomic mass is 79.9. The average Bonchev–Trinajstić information content (AvgIpc) is 2.66. The molecule has 0 atom stereocenters. The lowest BCUT2D eigenvalue weighted by Gasteiger charge is -2.32. The van der Waals surface area contributed by atoms with Gasteiger partial charge >= 0.3 is 0 Å². The predicted molar refractivity (Wildman–Crippen MR) is 56.1 cm³/mol. The fourth-order valence-corrected chi connectivity index (χ4v) is 2.09. The van der Waals surface area contributed by atoms with Gasteiger partial charge < -0.3 is 10.1 Å². The summed E-state index contributed by atoms with van der Waals surface area (Å²) < 4.78 is 2.68. The molecule has 0 aromatic carbocycles. The Morgan fingerprint density at radius 2 is 2.29 bits per heavy atom. The molecule has 0 amide bonds. The van der Waals surface area contributed by atoms with Crippen molar-refractivity contribution in [2.24, 2.45) is 0 Å². The molecule has 1 aliphatic heterocycles. The Kier molecular flexibility index (Phi) is 2.69. The van der Waals surface area contributed by atoms with Crippen LogP contribution in [0.3, 0.4) is 0 Å². The smallest absolute Gasteiger partial charge is 0.147 e. The average molecular weight is 258 g/mol. The van der Waals surface area contributed by atoms with Crippen molar-refractivity contribution in [1.82, 2.24) is 15.1 Å². The van der Waals surface area contributed by atoms with Gasteiger partial charge in [0, 0.05) is 6.20 Å². The van der Waals surface area contributed by atoms with Gasteiger partial charge in [0.15, 0.2) is 0 Å². The van der Waals surface area contributed by atoms with Gasteiger partial charge in [0.05, 0.1) is 10.7 Å². The lowest BCUT2D eigenvalue weighted by Crippen LogP contribution is -2.45. The van der Waals surface area contributed by atoms with Crippen molar-refractivity contribution in [3.8, 4) is 0 Å². The molecular formula is C9H12BrN3O. The van der Waals surface area contributed by atoms with Gasteiger partial charge in [-0.1, -0.05) is 0 Å². The number of aromatic nitrogens is 2. The van der Waals surface area contributed by atoms with E-state index in [0.717, 1.165) is 36.7 Å². The molecule has 1 fully saturated rings. The molecule has 4 nitrogen and oxygen atoms in total. The van der Waals surface area contributed by atoms with Crippen molar-refractivity contribution in [1.29, 1.82) is 0 Å². The lowest BCUT2D eigenvalue weighted by atomic mass is 9.90. The number of hydrogen-bond acceptors (Lipinski definition) is 3. The Morgan fingerprint density at radius 3 is 2.79 bits per heavy atom. The van der Waals surface area contributed by atoms with E-state index in [-0.39, 0.29) is 0 Å². The molecule has 0 bridgehead atoms. The Hall–Kier alpha value is -0.680. The van der Waals surface area contributed by atoms with E-state index in [9.17, 15) is 4.79 Å². The van der Waals surface area contributed by atoms with E-state index in [1.165, 1.54) is 0 Å². The Morgan fingerprint density at radius 1 is 1.57 bits per heavy atom. The van der Waals surface area contributed by atoms with Crippen molar-refractivity contribution < 1.29 is 4.79 Å². The minimum atomic E-state index is -0.433. The zero-order valence-corrected chi connectivity index (χ0v) is 9.33. The molecular weight excluding hydrogens is 246 g/mol. The van der Waals surface area contributed by atoms with Gasteiger partial charge in [0.2, 0.25) is 0 Å². The van der Waals surface area contributed by atoms with Crippen molar-refractivity contribution in [3.63, 3.8) is 0 Å². The number of hydrogen-bond donors (Lipinski definition) is 1.